The standard InChI is InChI=1S/C27H30O15/c1-7-17(32)21(36)23(38)27(40-7)16-20(35)15(26-24(39)22(37)18(33)13(6-28)42-26)19(34)14-11(31)5-12(41-25(14)16)8-2-3-9(29)10(30)4-8/h2-5,7,13,17-18,21-24,26-30,32-39H,6H2,1H3. The van der Waals surface area contributed by atoms with E-state index in [4.69, 9.17) is 13.9 Å². The second-order valence-electron chi connectivity index (χ2n) is 10.4. The third-order valence-corrected chi connectivity index (χ3v) is 7.77. The fourth-order valence-corrected chi connectivity index (χ4v) is 5.39. The van der Waals surface area contributed by atoms with Gasteiger partial charge in [-0.15, -0.1) is 0 Å². The Morgan fingerprint density at radius 2 is 1.33 bits per heavy atom. The molecule has 15 heteroatoms. The molecule has 0 spiro atoms. The molecule has 11 N–H and O–H groups in total. The van der Waals surface area contributed by atoms with E-state index >= 15 is 0 Å². The summed E-state index contributed by atoms with van der Waals surface area (Å²) in [6, 6.07) is 4.37. The summed E-state index contributed by atoms with van der Waals surface area (Å²) in [5, 5.41) is 114. The summed E-state index contributed by atoms with van der Waals surface area (Å²) >= 11 is 0. The summed E-state index contributed by atoms with van der Waals surface area (Å²) in [5.41, 5.74) is -2.65. The fourth-order valence-electron chi connectivity index (χ4n) is 5.39. The highest BCUT2D eigenvalue weighted by Gasteiger charge is 2.49. The highest BCUT2D eigenvalue weighted by Crippen LogP contribution is 2.51. The smallest absolute Gasteiger partial charge is 0.197 e. The lowest BCUT2D eigenvalue weighted by atomic mass is 9.85. The van der Waals surface area contributed by atoms with Gasteiger partial charge in [-0.25, -0.2) is 0 Å². The Balaban J connectivity index is 1.82. The molecule has 0 bridgehead atoms. The first-order chi connectivity index (χ1) is 19.8. The van der Waals surface area contributed by atoms with Crippen molar-refractivity contribution in [2.75, 3.05) is 6.61 Å². The Labute approximate surface area is 235 Å². The van der Waals surface area contributed by atoms with Crippen LogP contribution >= 0.6 is 0 Å². The zero-order chi connectivity index (χ0) is 30.8. The largest absolute Gasteiger partial charge is 0.507 e. The third kappa shape index (κ3) is 4.64. The van der Waals surface area contributed by atoms with Gasteiger partial charge in [-0.3, -0.25) is 4.79 Å². The predicted octanol–water partition coefficient (Wildman–Crippen LogP) is -1.66. The number of phenols is 4. The highest BCUT2D eigenvalue weighted by molar-refractivity contribution is 5.92. The number of aliphatic hydroxyl groups is 7. The van der Waals surface area contributed by atoms with Crippen LogP contribution in [-0.2, 0) is 9.47 Å². The van der Waals surface area contributed by atoms with Gasteiger partial charge in [0.1, 0.15) is 77.6 Å². The van der Waals surface area contributed by atoms with E-state index in [1.54, 1.807) is 0 Å². The van der Waals surface area contributed by atoms with E-state index in [0.29, 0.717) is 0 Å². The summed E-state index contributed by atoms with van der Waals surface area (Å²) in [6.07, 6.45) is -17.3. The Bertz CT molecular complexity index is 1550. The van der Waals surface area contributed by atoms with Crippen LogP contribution in [0.25, 0.3) is 22.3 Å². The van der Waals surface area contributed by atoms with Gasteiger partial charge < -0.3 is 70.1 Å². The Kier molecular flexibility index (Phi) is 7.82. The van der Waals surface area contributed by atoms with Crippen LogP contribution in [0.4, 0.5) is 0 Å². The van der Waals surface area contributed by atoms with Gasteiger partial charge in [-0.1, -0.05) is 0 Å². The molecule has 2 saturated heterocycles. The van der Waals surface area contributed by atoms with Gasteiger partial charge in [0.2, 0.25) is 0 Å². The molecule has 2 aliphatic heterocycles. The Morgan fingerprint density at radius 3 is 1.95 bits per heavy atom. The maximum atomic E-state index is 13.5. The molecule has 228 valence electrons. The van der Waals surface area contributed by atoms with E-state index in [9.17, 15) is 61.0 Å². The first kappa shape index (κ1) is 30.0. The molecule has 3 aromatic rings. The van der Waals surface area contributed by atoms with Gasteiger partial charge in [0.05, 0.1) is 23.8 Å². The number of ether oxygens (including phenoxy) is 2. The topological polar surface area (TPSA) is 271 Å². The molecule has 2 aliphatic rings. The van der Waals surface area contributed by atoms with Crippen LogP contribution in [-0.4, -0.2) is 112 Å². The van der Waals surface area contributed by atoms with Gasteiger partial charge in [0.25, 0.3) is 0 Å². The molecular formula is C27H30O15. The van der Waals surface area contributed by atoms with Gasteiger partial charge >= 0.3 is 0 Å². The fraction of sp³-hybridized carbons (Fsp3) is 0.444. The first-order valence-corrected chi connectivity index (χ1v) is 12.9. The van der Waals surface area contributed by atoms with E-state index in [0.717, 1.165) is 18.2 Å². The predicted molar refractivity (Wildman–Crippen MR) is 139 cm³/mol. The molecule has 42 heavy (non-hydrogen) atoms. The molecule has 5 rings (SSSR count). The summed E-state index contributed by atoms with van der Waals surface area (Å²) in [4.78, 5) is 13.5. The third-order valence-electron chi connectivity index (χ3n) is 7.77. The molecule has 2 fully saturated rings. The van der Waals surface area contributed by atoms with Crippen molar-refractivity contribution in [1.29, 1.82) is 0 Å². The second kappa shape index (κ2) is 11.0. The molecule has 1 aromatic heterocycles. The van der Waals surface area contributed by atoms with Crippen molar-refractivity contribution in [2.45, 2.75) is 68.0 Å². The average Bonchev–Trinajstić information content (AvgIpc) is 2.95. The first-order valence-electron chi connectivity index (χ1n) is 12.9. The summed E-state index contributed by atoms with van der Waals surface area (Å²) in [6.45, 7) is 0.506. The lowest BCUT2D eigenvalue weighted by Gasteiger charge is -2.42. The normalized spacial score (nSPS) is 33.6. The summed E-state index contributed by atoms with van der Waals surface area (Å²) in [7, 11) is 0. The van der Waals surface area contributed by atoms with E-state index < -0.39 is 118 Å². The van der Waals surface area contributed by atoms with E-state index in [1.165, 1.54) is 13.0 Å². The molecule has 10 atom stereocenters. The van der Waals surface area contributed by atoms with E-state index in [1.807, 2.05) is 0 Å². The van der Waals surface area contributed by atoms with Crippen LogP contribution in [0.5, 0.6) is 23.0 Å². The SMILES string of the molecule is CC1OC(c2c(O)c(C3OC(CO)C(O)C(O)C3O)c(O)c3c(=O)cc(-c4ccc(O)c(O)c4)oc23)C(O)C(O)C1O. The minimum Gasteiger partial charge on any atom is -0.507 e. The molecule has 10 unspecified atom stereocenters. The molecule has 0 radical (unpaired) electrons. The van der Waals surface area contributed by atoms with Crippen molar-refractivity contribution in [2.24, 2.45) is 0 Å². The number of phenolic OH excluding ortho intramolecular Hbond substituents is 4. The maximum Gasteiger partial charge on any atom is 0.197 e. The second-order valence-corrected chi connectivity index (χ2v) is 10.4. The van der Waals surface area contributed by atoms with Crippen LogP contribution in [0.15, 0.2) is 33.5 Å². The zero-order valence-corrected chi connectivity index (χ0v) is 21.8. The zero-order valence-electron chi connectivity index (χ0n) is 21.8. The molecular weight excluding hydrogens is 564 g/mol. The minimum atomic E-state index is -2.01. The number of aliphatic hydroxyl groups excluding tert-OH is 7. The average molecular weight is 595 g/mol. The van der Waals surface area contributed by atoms with Crippen molar-refractivity contribution >= 4 is 11.0 Å². The van der Waals surface area contributed by atoms with Crippen LogP contribution in [0.2, 0.25) is 0 Å². The minimum absolute atomic E-state index is 0.0705. The van der Waals surface area contributed by atoms with Gasteiger partial charge in [0, 0.05) is 11.6 Å². The molecule has 0 saturated carbocycles. The van der Waals surface area contributed by atoms with E-state index in [2.05, 4.69) is 0 Å². The quantitative estimate of drug-likeness (QED) is 0.151. The van der Waals surface area contributed by atoms with Crippen LogP contribution in [0.1, 0.15) is 30.3 Å². The van der Waals surface area contributed by atoms with Crippen LogP contribution in [0, 0.1) is 0 Å². The van der Waals surface area contributed by atoms with Crippen LogP contribution in [0.3, 0.4) is 0 Å². The summed E-state index contributed by atoms with van der Waals surface area (Å²) in [5.74, 6) is -3.22. The molecule has 0 amide bonds. The van der Waals surface area contributed by atoms with Gasteiger partial charge in [-0.05, 0) is 25.1 Å². The number of hydrogen-bond acceptors (Lipinski definition) is 15. The Morgan fingerprint density at radius 1 is 0.714 bits per heavy atom. The van der Waals surface area contributed by atoms with Gasteiger partial charge in [-0.2, -0.15) is 0 Å². The van der Waals surface area contributed by atoms with Crippen LogP contribution < -0.4 is 5.43 Å². The van der Waals surface area contributed by atoms with Crippen molar-refractivity contribution < 1.29 is 70.1 Å². The van der Waals surface area contributed by atoms with Crippen molar-refractivity contribution in [3.05, 3.63) is 45.6 Å². The lowest BCUT2D eigenvalue weighted by molar-refractivity contribution is -0.232. The van der Waals surface area contributed by atoms with E-state index in [-0.39, 0.29) is 11.3 Å². The number of benzene rings is 2. The molecule has 15 nitrogen and oxygen atoms in total. The molecule has 0 aliphatic carbocycles. The summed E-state index contributed by atoms with van der Waals surface area (Å²) < 4.78 is 17.1. The monoisotopic (exact) mass is 594 g/mol. The molecule has 2 aromatic carbocycles. The highest BCUT2D eigenvalue weighted by atomic mass is 16.5. The number of hydrogen-bond donors (Lipinski definition) is 11. The number of fused-ring (bicyclic) bond motifs is 1. The van der Waals surface area contributed by atoms with Crippen molar-refractivity contribution in [1.82, 2.24) is 0 Å². The van der Waals surface area contributed by atoms with Gasteiger partial charge in [0.15, 0.2) is 22.5 Å². The number of rotatable bonds is 4. The maximum absolute atomic E-state index is 13.5. The number of aromatic hydroxyl groups is 4. The van der Waals surface area contributed by atoms with Crippen molar-refractivity contribution in [3.63, 3.8) is 0 Å². The molecule has 3 heterocycles. The van der Waals surface area contributed by atoms with Crippen molar-refractivity contribution in [3.8, 4) is 34.3 Å². The Hall–Kier alpha value is -3.51. The lowest BCUT2D eigenvalue weighted by Crippen LogP contribution is -2.55.